The Labute approximate surface area is 99.7 Å². The number of amides is 1. The van der Waals surface area contributed by atoms with Crippen molar-refractivity contribution >= 4 is 5.91 Å². The summed E-state index contributed by atoms with van der Waals surface area (Å²) in [6.45, 7) is 1.26. The molecule has 2 rings (SSSR count). The smallest absolute Gasteiger partial charge is 0.258 e. The number of epoxide rings is 1. The van der Waals surface area contributed by atoms with Crippen LogP contribution in [0.2, 0.25) is 0 Å². The molecule has 1 atom stereocenters. The molecule has 0 bridgehead atoms. The first kappa shape index (κ1) is 11.7. The van der Waals surface area contributed by atoms with Crippen molar-refractivity contribution in [3.8, 4) is 11.5 Å². The van der Waals surface area contributed by atoms with Crippen molar-refractivity contribution in [2.75, 3.05) is 26.9 Å². The van der Waals surface area contributed by atoms with Crippen molar-refractivity contribution in [1.29, 1.82) is 0 Å². The van der Waals surface area contributed by atoms with Crippen LogP contribution in [0.1, 0.15) is 0 Å². The van der Waals surface area contributed by atoms with Gasteiger partial charge in [-0.1, -0.05) is 12.1 Å². The van der Waals surface area contributed by atoms with Crippen molar-refractivity contribution < 1.29 is 19.0 Å². The van der Waals surface area contributed by atoms with E-state index in [1.54, 1.807) is 19.2 Å². The number of methoxy groups -OCH3 is 1. The predicted octanol–water partition coefficient (Wildman–Crippen LogP) is 0.589. The van der Waals surface area contributed by atoms with Gasteiger partial charge in [-0.25, -0.2) is 0 Å². The van der Waals surface area contributed by atoms with E-state index >= 15 is 0 Å². The minimum Gasteiger partial charge on any atom is -0.493 e. The van der Waals surface area contributed by atoms with Gasteiger partial charge in [-0.05, 0) is 12.1 Å². The largest absolute Gasteiger partial charge is 0.493 e. The molecule has 1 aromatic rings. The summed E-state index contributed by atoms with van der Waals surface area (Å²) in [7, 11) is 1.56. The molecule has 1 heterocycles. The summed E-state index contributed by atoms with van der Waals surface area (Å²) in [5.74, 6) is 1.02. The third-order valence-electron chi connectivity index (χ3n) is 2.36. The molecular weight excluding hydrogens is 222 g/mol. The Morgan fingerprint density at radius 2 is 2.18 bits per heavy atom. The van der Waals surface area contributed by atoms with Gasteiger partial charge in [0.2, 0.25) is 0 Å². The predicted molar refractivity (Wildman–Crippen MR) is 61.2 cm³/mol. The summed E-state index contributed by atoms with van der Waals surface area (Å²) in [5.41, 5.74) is 0. The first-order valence-electron chi connectivity index (χ1n) is 5.43. The number of hydrogen-bond donors (Lipinski definition) is 1. The maximum atomic E-state index is 11.4. The minimum atomic E-state index is -0.161. The summed E-state index contributed by atoms with van der Waals surface area (Å²) in [6, 6.07) is 7.21. The van der Waals surface area contributed by atoms with Gasteiger partial charge < -0.3 is 19.5 Å². The van der Waals surface area contributed by atoms with Crippen LogP contribution >= 0.6 is 0 Å². The van der Waals surface area contributed by atoms with Crippen molar-refractivity contribution in [2.24, 2.45) is 0 Å². The number of nitrogens with one attached hydrogen (secondary N) is 1. The van der Waals surface area contributed by atoms with Crippen molar-refractivity contribution in [1.82, 2.24) is 5.32 Å². The first-order valence-corrected chi connectivity index (χ1v) is 5.43. The van der Waals surface area contributed by atoms with Crippen LogP contribution in [0.25, 0.3) is 0 Å². The minimum absolute atomic E-state index is 0.0207. The summed E-state index contributed by atoms with van der Waals surface area (Å²) in [5, 5.41) is 2.72. The van der Waals surface area contributed by atoms with Crippen molar-refractivity contribution in [3.05, 3.63) is 24.3 Å². The molecule has 1 saturated heterocycles. The van der Waals surface area contributed by atoms with Crippen molar-refractivity contribution in [2.45, 2.75) is 6.10 Å². The molecule has 92 valence electrons. The van der Waals surface area contributed by atoms with Crippen LogP contribution in [0.3, 0.4) is 0 Å². The third kappa shape index (κ3) is 3.64. The normalized spacial score (nSPS) is 17.4. The van der Waals surface area contributed by atoms with E-state index in [1.165, 1.54) is 0 Å². The highest BCUT2D eigenvalue weighted by Crippen LogP contribution is 2.25. The van der Waals surface area contributed by atoms with Gasteiger partial charge in [-0.3, -0.25) is 4.79 Å². The lowest BCUT2D eigenvalue weighted by atomic mass is 10.3. The monoisotopic (exact) mass is 237 g/mol. The SMILES string of the molecule is COc1ccccc1OCC(=O)NC[C@H]1CO1. The molecular formula is C12H15NO4. The van der Waals surface area contributed by atoms with Gasteiger partial charge in [0.1, 0.15) is 0 Å². The van der Waals surface area contributed by atoms with Crippen LogP contribution < -0.4 is 14.8 Å². The fraction of sp³-hybridized carbons (Fsp3) is 0.417. The molecule has 1 aromatic carbocycles. The molecule has 1 N–H and O–H groups in total. The molecule has 1 aliphatic heterocycles. The fourth-order valence-corrected chi connectivity index (χ4v) is 1.35. The van der Waals surface area contributed by atoms with E-state index in [-0.39, 0.29) is 18.6 Å². The molecule has 1 aliphatic rings. The van der Waals surface area contributed by atoms with E-state index in [0.717, 1.165) is 6.61 Å². The maximum absolute atomic E-state index is 11.4. The quantitative estimate of drug-likeness (QED) is 0.736. The highest BCUT2D eigenvalue weighted by Gasteiger charge is 2.22. The first-order chi connectivity index (χ1) is 8.29. The van der Waals surface area contributed by atoms with Gasteiger partial charge in [0.05, 0.1) is 19.8 Å². The topological polar surface area (TPSA) is 60.1 Å². The average Bonchev–Trinajstić information content (AvgIpc) is 3.18. The maximum Gasteiger partial charge on any atom is 0.258 e. The van der Waals surface area contributed by atoms with Crippen LogP contribution in [0.15, 0.2) is 24.3 Å². The van der Waals surface area contributed by atoms with Crippen LogP contribution in [0.4, 0.5) is 0 Å². The van der Waals surface area contributed by atoms with Crippen LogP contribution in [-0.4, -0.2) is 38.9 Å². The van der Waals surface area contributed by atoms with Crippen LogP contribution in [0.5, 0.6) is 11.5 Å². The Bertz CT molecular complexity index is 390. The molecule has 1 fully saturated rings. The van der Waals surface area contributed by atoms with Crippen LogP contribution in [-0.2, 0) is 9.53 Å². The second-order valence-corrected chi connectivity index (χ2v) is 3.70. The zero-order valence-corrected chi connectivity index (χ0v) is 9.64. The molecule has 5 heteroatoms. The lowest BCUT2D eigenvalue weighted by Gasteiger charge is -2.09. The standard InChI is InChI=1S/C12H15NO4/c1-15-10-4-2-3-5-11(10)17-8-12(14)13-6-9-7-16-9/h2-5,9H,6-8H2,1H3,(H,13,14)/t9-/m0/s1. The molecule has 0 radical (unpaired) electrons. The van der Waals surface area contributed by atoms with E-state index in [9.17, 15) is 4.79 Å². The van der Waals surface area contributed by atoms with E-state index in [1.807, 2.05) is 12.1 Å². The number of ether oxygens (including phenoxy) is 3. The number of carbonyl (C=O) groups is 1. The van der Waals surface area contributed by atoms with E-state index in [0.29, 0.717) is 18.0 Å². The molecule has 17 heavy (non-hydrogen) atoms. The number of hydrogen-bond acceptors (Lipinski definition) is 4. The molecule has 0 aliphatic carbocycles. The van der Waals surface area contributed by atoms with Gasteiger partial charge in [0.15, 0.2) is 18.1 Å². The summed E-state index contributed by atoms with van der Waals surface area (Å²) < 4.78 is 15.5. The van der Waals surface area contributed by atoms with Gasteiger partial charge in [-0.2, -0.15) is 0 Å². The van der Waals surface area contributed by atoms with E-state index < -0.39 is 0 Å². The number of carbonyl (C=O) groups excluding carboxylic acids is 1. The van der Waals surface area contributed by atoms with Gasteiger partial charge in [-0.15, -0.1) is 0 Å². The molecule has 5 nitrogen and oxygen atoms in total. The number of benzene rings is 1. The highest BCUT2D eigenvalue weighted by atomic mass is 16.6. The second kappa shape index (κ2) is 5.54. The lowest BCUT2D eigenvalue weighted by Crippen LogP contribution is -2.31. The Morgan fingerprint density at radius 3 is 2.82 bits per heavy atom. The Morgan fingerprint density at radius 1 is 1.47 bits per heavy atom. The Balaban J connectivity index is 1.77. The molecule has 0 unspecified atom stereocenters. The van der Waals surface area contributed by atoms with Gasteiger partial charge in [0, 0.05) is 6.54 Å². The zero-order chi connectivity index (χ0) is 12.1. The third-order valence-corrected chi connectivity index (χ3v) is 2.36. The van der Waals surface area contributed by atoms with Gasteiger partial charge >= 0.3 is 0 Å². The van der Waals surface area contributed by atoms with E-state index in [4.69, 9.17) is 14.2 Å². The molecule has 1 amide bonds. The van der Waals surface area contributed by atoms with Crippen molar-refractivity contribution in [3.63, 3.8) is 0 Å². The van der Waals surface area contributed by atoms with Gasteiger partial charge in [0.25, 0.3) is 5.91 Å². The highest BCUT2D eigenvalue weighted by molar-refractivity contribution is 5.77. The van der Waals surface area contributed by atoms with E-state index in [2.05, 4.69) is 5.32 Å². The second-order valence-electron chi connectivity index (χ2n) is 3.70. The fourth-order valence-electron chi connectivity index (χ4n) is 1.35. The summed E-state index contributed by atoms with van der Waals surface area (Å²) >= 11 is 0. The summed E-state index contributed by atoms with van der Waals surface area (Å²) in [4.78, 5) is 11.4. The summed E-state index contributed by atoms with van der Waals surface area (Å²) in [6.07, 6.45) is 0.185. The average molecular weight is 237 g/mol. The molecule has 0 aromatic heterocycles. The number of para-hydroxylation sites is 2. The lowest BCUT2D eigenvalue weighted by molar-refractivity contribution is -0.123. The van der Waals surface area contributed by atoms with Crippen LogP contribution in [0, 0.1) is 0 Å². The zero-order valence-electron chi connectivity index (χ0n) is 9.64. The Hall–Kier alpha value is -1.75. The molecule has 0 saturated carbocycles. The molecule has 0 spiro atoms. The Kier molecular flexibility index (Phi) is 3.82. The number of rotatable bonds is 6.